The largest absolute Gasteiger partial charge is 0.508 e. The molecule has 0 saturated carbocycles. The van der Waals surface area contributed by atoms with Gasteiger partial charge in [0.25, 0.3) is 5.91 Å². The summed E-state index contributed by atoms with van der Waals surface area (Å²) in [4.78, 5) is 14.6. The SMILES string of the molecule is Cc1cc(C(=O)N2CCC3(CC2)Oc2ccccc2-n2c(C(F)(F)F)ccc23)ccc1O.[HH]. The number of ether oxygens (including phenoxy) is 1. The molecule has 1 N–H and O–H groups in total. The summed E-state index contributed by atoms with van der Waals surface area (Å²) >= 11 is 0. The first kappa shape index (κ1) is 20.5. The summed E-state index contributed by atoms with van der Waals surface area (Å²) in [6.07, 6.45) is -3.77. The van der Waals surface area contributed by atoms with Gasteiger partial charge in [-0.2, -0.15) is 13.2 Å². The highest BCUT2D eigenvalue weighted by atomic mass is 19.4. The molecule has 0 unspecified atom stereocenters. The van der Waals surface area contributed by atoms with Gasteiger partial charge in [0.1, 0.15) is 17.2 Å². The number of carbonyl (C=O) groups is 1. The lowest BCUT2D eigenvalue weighted by molar-refractivity contribution is -0.143. The molecule has 1 aromatic heterocycles. The molecule has 2 aliphatic heterocycles. The second kappa shape index (κ2) is 7.05. The molecule has 32 heavy (non-hydrogen) atoms. The van der Waals surface area contributed by atoms with Crippen LogP contribution in [0.4, 0.5) is 13.2 Å². The first-order chi connectivity index (χ1) is 15.2. The molecule has 2 aromatic carbocycles. The van der Waals surface area contributed by atoms with Crippen LogP contribution in [0, 0.1) is 6.92 Å². The standard InChI is InChI=1S/C24H21F3N2O3.H2/c1-15-14-16(6-7-18(15)30)22(31)28-12-10-23(11-13-28)20-8-9-21(24(25,26)27)29(20)17-4-2-3-5-19(17)32-23;/h2-9,14,30H,10-13H2,1H3;1H. The summed E-state index contributed by atoms with van der Waals surface area (Å²) < 4.78 is 48.8. The van der Waals surface area contributed by atoms with Gasteiger partial charge in [-0.05, 0) is 55.0 Å². The number of hydrogen-bond donors (Lipinski definition) is 1. The fourth-order valence-corrected chi connectivity index (χ4v) is 4.66. The Bertz CT molecular complexity index is 1210. The zero-order valence-electron chi connectivity index (χ0n) is 17.3. The van der Waals surface area contributed by atoms with Crippen LogP contribution in [0.1, 0.15) is 41.6 Å². The van der Waals surface area contributed by atoms with Gasteiger partial charge in [0.2, 0.25) is 0 Å². The lowest BCUT2D eigenvalue weighted by Crippen LogP contribution is -2.50. The quantitative estimate of drug-likeness (QED) is 0.556. The first-order valence-electron chi connectivity index (χ1n) is 10.4. The van der Waals surface area contributed by atoms with E-state index >= 15 is 0 Å². The Morgan fingerprint density at radius 1 is 1.09 bits per heavy atom. The normalized spacial score (nSPS) is 16.9. The van der Waals surface area contributed by atoms with Gasteiger partial charge in [-0.3, -0.25) is 4.79 Å². The molecule has 3 heterocycles. The minimum atomic E-state index is -4.50. The minimum absolute atomic E-state index is 0. The van der Waals surface area contributed by atoms with E-state index < -0.39 is 17.5 Å². The number of rotatable bonds is 1. The number of halogens is 3. The Labute approximate surface area is 184 Å². The first-order valence-corrected chi connectivity index (χ1v) is 10.4. The van der Waals surface area contributed by atoms with Crippen molar-refractivity contribution in [1.29, 1.82) is 0 Å². The van der Waals surface area contributed by atoms with Crippen LogP contribution in [-0.4, -0.2) is 33.6 Å². The zero-order chi connectivity index (χ0) is 22.7. The predicted octanol–water partition coefficient (Wildman–Crippen LogP) is 5.28. The molecule has 1 spiro atoms. The summed E-state index contributed by atoms with van der Waals surface area (Å²) in [6, 6.07) is 14.0. The molecule has 1 amide bonds. The molecule has 0 bridgehead atoms. The van der Waals surface area contributed by atoms with Crippen molar-refractivity contribution in [2.45, 2.75) is 31.5 Å². The average molecular weight is 444 g/mol. The fourth-order valence-electron chi connectivity index (χ4n) is 4.66. The number of phenols is 1. The third-order valence-corrected chi connectivity index (χ3v) is 6.35. The molecule has 5 rings (SSSR count). The Morgan fingerprint density at radius 2 is 1.81 bits per heavy atom. The van der Waals surface area contributed by atoms with Gasteiger partial charge < -0.3 is 19.3 Å². The third-order valence-electron chi connectivity index (χ3n) is 6.35. The number of likely N-dealkylation sites (tertiary alicyclic amines) is 1. The Kier molecular flexibility index (Phi) is 4.51. The van der Waals surface area contributed by atoms with Crippen molar-refractivity contribution >= 4 is 5.91 Å². The van der Waals surface area contributed by atoms with Gasteiger partial charge in [-0.1, -0.05) is 12.1 Å². The number of aromatic hydroxyl groups is 1. The topological polar surface area (TPSA) is 54.7 Å². The van der Waals surface area contributed by atoms with E-state index in [1.165, 1.54) is 16.7 Å². The van der Waals surface area contributed by atoms with E-state index in [1.807, 2.05) is 0 Å². The van der Waals surface area contributed by atoms with E-state index in [1.54, 1.807) is 48.2 Å². The molecule has 0 atom stereocenters. The number of aromatic nitrogens is 1. The van der Waals surface area contributed by atoms with Gasteiger partial charge in [0, 0.05) is 32.9 Å². The molecule has 0 aliphatic carbocycles. The number of amides is 1. The molecular weight excluding hydrogens is 421 g/mol. The number of nitrogens with zero attached hydrogens (tertiary/aromatic N) is 2. The molecule has 8 heteroatoms. The van der Waals surface area contributed by atoms with Gasteiger partial charge >= 0.3 is 6.18 Å². The average Bonchev–Trinajstić information content (AvgIpc) is 3.23. The van der Waals surface area contributed by atoms with Crippen LogP contribution in [-0.2, 0) is 11.8 Å². The number of benzene rings is 2. The van der Waals surface area contributed by atoms with Crippen molar-refractivity contribution in [1.82, 2.24) is 9.47 Å². The number of hydrogen-bond acceptors (Lipinski definition) is 3. The van der Waals surface area contributed by atoms with Gasteiger partial charge in [-0.15, -0.1) is 0 Å². The van der Waals surface area contributed by atoms with E-state index in [9.17, 15) is 23.1 Å². The molecule has 3 aromatic rings. The maximum absolute atomic E-state index is 13.7. The number of piperidine rings is 1. The van der Waals surface area contributed by atoms with Crippen molar-refractivity contribution in [2.24, 2.45) is 0 Å². The number of alkyl halides is 3. The number of aryl methyl sites for hydroxylation is 1. The van der Waals surface area contributed by atoms with Crippen molar-refractivity contribution in [3.8, 4) is 17.2 Å². The summed E-state index contributed by atoms with van der Waals surface area (Å²) in [5, 5.41) is 9.71. The molecule has 168 valence electrons. The van der Waals surface area contributed by atoms with E-state index in [0.29, 0.717) is 54.2 Å². The molecule has 5 nitrogen and oxygen atoms in total. The summed E-state index contributed by atoms with van der Waals surface area (Å²) in [7, 11) is 0. The van der Waals surface area contributed by atoms with Crippen LogP contribution in [0.2, 0.25) is 0 Å². The smallest absolute Gasteiger partial charge is 0.431 e. The minimum Gasteiger partial charge on any atom is -0.508 e. The number of carbonyl (C=O) groups excluding carboxylic acids is 1. The second-order valence-electron chi connectivity index (χ2n) is 8.29. The van der Waals surface area contributed by atoms with Crippen molar-refractivity contribution in [2.75, 3.05) is 13.1 Å². The second-order valence-corrected chi connectivity index (χ2v) is 8.29. The molecule has 1 fully saturated rings. The van der Waals surface area contributed by atoms with Crippen LogP contribution < -0.4 is 4.74 Å². The Hall–Kier alpha value is -3.42. The van der Waals surface area contributed by atoms with Crippen molar-refractivity contribution < 1.29 is 29.2 Å². The number of fused-ring (bicyclic) bond motifs is 4. The summed E-state index contributed by atoms with van der Waals surface area (Å²) in [5.74, 6) is 0.343. The monoisotopic (exact) mass is 444 g/mol. The molecule has 1 saturated heterocycles. The molecule has 2 aliphatic rings. The highest BCUT2D eigenvalue weighted by molar-refractivity contribution is 5.94. The zero-order valence-corrected chi connectivity index (χ0v) is 17.3. The Balaban J connectivity index is 0.00000259. The van der Waals surface area contributed by atoms with Gasteiger partial charge in [0.05, 0.1) is 11.4 Å². The third kappa shape index (κ3) is 3.13. The van der Waals surface area contributed by atoms with Crippen LogP contribution in [0.3, 0.4) is 0 Å². The highest BCUT2D eigenvalue weighted by Crippen LogP contribution is 2.48. The van der Waals surface area contributed by atoms with E-state index in [-0.39, 0.29) is 13.1 Å². The highest BCUT2D eigenvalue weighted by Gasteiger charge is 2.48. The van der Waals surface area contributed by atoms with Crippen LogP contribution in [0.5, 0.6) is 11.5 Å². The van der Waals surface area contributed by atoms with E-state index in [2.05, 4.69) is 0 Å². The van der Waals surface area contributed by atoms with E-state index in [0.717, 1.165) is 6.07 Å². The van der Waals surface area contributed by atoms with Crippen molar-refractivity contribution in [3.05, 3.63) is 77.1 Å². The van der Waals surface area contributed by atoms with Crippen LogP contribution >= 0.6 is 0 Å². The molecular formula is C24H23F3N2O3. The fraction of sp³-hybridized carbons (Fsp3) is 0.292. The number of phenolic OH excluding ortho intramolecular Hbond substituents is 1. The lowest BCUT2D eigenvalue weighted by atomic mass is 9.86. The van der Waals surface area contributed by atoms with Crippen LogP contribution in [0.25, 0.3) is 5.69 Å². The molecule has 0 radical (unpaired) electrons. The van der Waals surface area contributed by atoms with Crippen molar-refractivity contribution in [3.63, 3.8) is 0 Å². The van der Waals surface area contributed by atoms with E-state index in [4.69, 9.17) is 4.74 Å². The predicted molar refractivity (Wildman–Crippen MR) is 113 cm³/mol. The van der Waals surface area contributed by atoms with Crippen LogP contribution in [0.15, 0.2) is 54.6 Å². The lowest BCUT2D eigenvalue weighted by Gasteiger charge is -2.45. The summed E-state index contributed by atoms with van der Waals surface area (Å²) in [6.45, 7) is 2.40. The van der Waals surface area contributed by atoms with Gasteiger partial charge in [0.15, 0.2) is 5.60 Å². The maximum atomic E-state index is 13.7. The maximum Gasteiger partial charge on any atom is 0.431 e. The van der Waals surface area contributed by atoms with Gasteiger partial charge in [-0.25, -0.2) is 0 Å². The Morgan fingerprint density at radius 3 is 2.50 bits per heavy atom. The summed E-state index contributed by atoms with van der Waals surface area (Å²) in [5.41, 5.74) is 0.211. The number of para-hydroxylation sites is 2.